The first-order valence-corrected chi connectivity index (χ1v) is 5.30. The van der Waals surface area contributed by atoms with Crippen LogP contribution in [0, 0.1) is 0 Å². The van der Waals surface area contributed by atoms with Crippen molar-refractivity contribution in [1.29, 1.82) is 0 Å². The molecule has 0 heterocycles. The summed E-state index contributed by atoms with van der Waals surface area (Å²) in [6.45, 7) is 3.59. The van der Waals surface area contributed by atoms with Crippen LogP contribution in [0.3, 0.4) is 0 Å². The topological polar surface area (TPSA) is 78.3 Å². The second kappa shape index (κ2) is 5.07. The van der Waals surface area contributed by atoms with Gasteiger partial charge < -0.3 is 16.2 Å². The van der Waals surface area contributed by atoms with E-state index in [1.54, 1.807) is 26.0 Å². The summed E-state index contributed by atoms with van der Waals surface area (Å²) >= 11 is 5.80. The molecule has 5 heteroatoms. The molecule has 0 radical (unpaired) electrons. The van der Waals surface area contributed by atoms with Crippen molar-refractivity contribution in [2.45, 2.75) is 26.4 Å². The van der Waals surface area contributed by atoms with Crippen molar-refractivity contribution >= 4 is 28.9 Å². The lowest BCUT2D eigenvalue weighted by atomic mass is 10.1. The van der Waals surface area contributed by atoms with Crippen LogP contribution in [0.4, 0.5) is 11.4 Å². The molecule has 0 spiro atoms. The van der Waals surface area contributed by atoms with Crippen molar-refractivity contribution in [3.8, 4) is 0 Å². The summed E-state index contributed by atoms with van der Waals surface area (Å²) in [5.74, 6) is -0.309. The van der Waals surface area contributed by atoms with E-state index in [1.807, 2.05) is 0 Å². The predicted octanol–water partition coefficient (Wildman–Crippen LogP) is 2.00. The van der Waals surface area contributed by atoms with Crippen LogP contribution >= 0.6 is 11.6 Å². The lowest BCUT2D eigenvalue weighted by Crippen LogP contribution is -2.14. The van der Waals surface area contributed by atoms with Crippen LogP contribution in [0.15, 0.2) is 12.1 Å². The van der Waals surface area contributed by atoms with E-state index in [4.69, 9.17) is 27.8 Å². The van der Waals surface area contributed by atoms with Crippen molar-refractivity contribution < 1.29 is 9.53 Å². The zero-order valence-electron chi connectivity index (χ0n) is 9.29. The number of anilines is 2. The first-order chi connectivity index (χ1) is 7.40. The van der Waals surface area contributed by atoms with Gasteiger partial charge in [-0.1, -0.05) is 11.6 Å². The molecule has 4 nitrogen and oxygen atoms in total. The molecule has 0 aliphatic heterocycles. The van der Waals surface area contributed by atoms with Crippen molar-refractivity contribution in [3.05, 3.63) is 22.7 Å². The Balaban J connectivity index is 2.79. The van der Waals surface area contributed by atoms with Gasteiger partial charge >= 0.3 is 5.97 Å². The third-order valence-electron chi connectivity index (χ3n) is 1.90. The maximum absolute atomic E-state index is 11.4. The smallest absolute Gasteiger partial charge is 0.310 e. The number of hydrogen-bond acceptors (Lipinski definition) is 4. The third-order valence-corrected chi connectivity index (χ3v) is 2.34. The molecular formula is C11H15ClN2O2. The Hall–Kier alpha value is -1.42. The van der Waals surface area contributed by atoms with Crippen LogP contribution < -0.4 is 11.5 Å². The number of rotatable bonds is 3. The highest BCUT2D eigenvalue weighted by Gasteiger charge is 2.10. The number of ether oxygens (including phenoxy) is 1. The fourth-order valence-corrected chi connectivity index (χ4v) is 1.42. The van der Waals surface area contributed by atoms with Gasteiger partial charge in [0.05, 0.1) is 28.9 Å². The van der Waals surface area contributed by atoms with E-state index in [0.29, 0.717) is 22.0 Å². The van der Waals surface area contributed by atoms with Crippen molar-refractivity contribution in [3.63, 3.8) is 0 Å². The Morgan fingerprint density at radius 2 is 1.88 bits per heavy atom. The van der Waals surface area contributed by atoms with Gasteiger partial charge in [-0.05, 0) is 31.5 Å². The zero-order chi connectivity index (χ0) is 12.3. The van der Waals surface area contributed by atoms with Crippen molar-refractivity contribution in [2.75, 3.05) is 11.5 Å². The summed E-state index contributed by atoms with van der Waals surface area (Å²) in [6, 6.07) is 3.25. The molecule has 0 fully saturated rings. The second-order valence-electron chi connectivity index (χ2n) is 3.80. The molecule has 1 aromatic rings. The van der Waals surface area contributed by atoms with Crippen LogP contribution in [-0.4, -0.2) is 12.1 Å². The van der Waals surface area contributed by atoms with Gasteiger partial charge in [0.15, 0.2) is 0 Å². The maximum atomic E-state index is 11.4. The summed E-state index contributed by atoms with van der Waals surface area (Å²) in [5, 5.41) is 0.320. The molecule has 0 saturated heterocycles. The zero-order valence-corrected chi connectivity index (χ0v) is 10.0. The molecule has 1 aromatic carbocycles. The maximum Gasteiger partial charge on any atom is 0.310 e. The normalized spacial score (nSPS) is 10.5. The Labute approximate surface area is 99.5 Å². The van der Waals surface area contributed by atoms with Crippen molar-refractivity contribution in [1.82, 2.24) is 0 Å². The third kappa shape index (κ3) is 3.31. The Bertz CT molecular complexity index is 382. The number of benzene rings is 1. The van der Waals surface area contributed by atoms with E-state index >= 15 is 0 Å². The summed E-state index contributed by atoms with van der Waals surface area (Å²) < 4.78 is 5.01. The number of carbonyl (C=O) groups is 1. The molecule has 88 valence electrons. The Morgan fingerprint density at radius 3 is 2.31 bits per heavy atom. The SMILES string of the molecule is CC(C)OC(=O)Cc1cc(N)c(Cl)c(N)c1. The summed E-state index contributed by atoms with van der Waals surface area (Å²) in [6.07, 6.45) is 0.0125. The highest BCUT2D eigenvalue weighted by atomic mass is 35.5. The molecule has 0 aromatic heterocycles. The monoisotopic (exact) mass is 242 g/mol. The van der Waals surface area contributed by atoms with Gasteiger partial charge in [0, 0.05) is 0 Å². The van der Waals surface area contributed by atoms with Gasteiger partial charge in [0.25, 0.3) is 0 Å². The molecule has 0 amide bonds. The van der Waals surface area contributed by atoms with Gasteiger partial charge in [0.1, 0.15) is 0 Å². The molecule has 0 aliphatic rings. The number of nitrogens with two attached hydrogens (primary N) is 2. The fourth-order valence-electron chi connectivity index (χ4n) is 1.31. The van der Waals surface area contributed by atoms with Gasteiger partial charge in [-0.25, -0.2) is 0 Å². The number of nitrogen functional groups attached to an aromatic ring is 2. The highest BCUT2D eigenvalue weighted by molar-refractivity contribution is 6.35. The van der Waals surface area contributed by atoms with E-state index < -0.39 is 0 Å². The molecule has 0 unspecified atom stereocenters. The summed E-state index contributed by atoms with van der Waals surface area (Å²) in [5.41, 5.74) is 12.7. The Morgan fingerprint density at radius 1 is 1.38 bits per heavy atom. The standard InChI is InChI=1S/C11H15ClN2O2/c1-6(2)16-10(15)5-7-3-8(13)11(12)9(14)4-7/h3-4,6H,5,13-14H2,1-2H3. The fraction of sp³-hybridized carbons (Fsp3) is 0.364. The quantitative estimate of drug-likeness (QED) is 0.628. The van der Waals surface area contributed by atoms with Gasteiger partial charge in [0.2, 0.25) is 0 Å². The number of carbonyl (C=O) groups excluding carboxylic acids is 1. The molecule has 0 saturated carbocycles. The summed E-state index contributed by atoms with van der Waals surface area (Å²) in [7, 11) is 0. The molecule has 1 rings (SSSR count). The number of halogens is 1. The first-order valence-electron chi connectivity index (χ1n) is 4.93. The van der Waals surface area contributed by atoms with E-state index in [9.17, 15) is 4.79 Å². The van der Waals surface area contributed by atoms with E-state index in [-0.39, 0.29) is 18.5 Å². The first kappa shape index (κ1) is 12.6. The van der Waals surface area contributed by atoms with Crippen LogP contribution in [0.1, 0.15) is 19.4 Å². The number of esters is 1. The van der Waals surface area contributed by atoms with Crippen LogP contribution in [-0.2, 0) is 16.0 Å². The Kier molecular flexibility index (Phi) is 4.01. The van der Waals surface area contributed by atoms with Crippen LogP contribution in [0.5, 0.6) is 0 Å². The van der Waals surface area contributed by atoms with Gasteiger partial charge in [-0.15, -0.1) is 0 Å². The average Bonchev–Trinajstić information content (AvgIpc) is 2.12. The van der Waals surface area contributed by atoms with Crippen LogP contribution in [0.25, 0.3) is 0 Å². The lowest BCUT2D eigenvalue weighted by molar-refractivity contribution is -0.146. The molecule has 0 atom stereocenters. The lowest BCUT2D eigenvalue weighted by Gasteiger charge is -2.09. The molecule has 4 N–H and O–H groups in total. The average molecular weight is 243 g/mol. The van der Waals surface area contributed by atoms with Crippen molar-refractivity contribution in [2.24, 2.45) is 0 Å². The van der Waals surface area contributed by atoms with Gasteiger partial charge in [-0.2, -0.15) is 0 Å². The highest BCUT2D eigenvalue weighted by Crippen LogP contribution is 2.27. The molecule has 0 bridgehead atoms. The minimum atomic E-state index is -0.309. The van der Waals surface area contributed by atoms with Crippen LogP contribution in [0.2, 0.25) is 5.02 Å². The summed E-state index contributed by atoms with van der Waals surface area (Å²) in [4.78, 5) is 11.4. The predicted molar refractivity (Wildman–Crippen MR) is 65.2 cm³/mol. The van der Waals surface area contributed by atoms with Gasteiger partial charge in [-0.3, -0.25) is 4.79 Å². The van der Waals surface area contributed by atoms with E-state index in [1.165, 1.54) is 0 Å². The minimum Gasteiger partial charge on any atom is -0.463 e. The molecule has 16 heavy (non-hydrogen) atoms. The molecule has 0 aliphatic carbocycles. The van der Waals surface area contributed by atoms with E-state index in [0.717, 1.165) is 0 Å². The van der Waals surface area contributed by atoms with E-state index in [2.05, 4.69) is 0 Å². The molecular weight excluding hydrogens is 228 g/mol. The minimum absolute atomic E-state index is 0.130. The largest absolute Gasteiger partial charge is 0.463 e. The number of hydrogen-bond donors (Lipinski definition) is 2. The second-order valence-corrected chi connectivity index (χ2v) is 4.18.